The predicted octanol–water partition coefficient (Wildman–Crippen LogP) is 5.41. The molecule has 2 aromatic heterocycles. The number of hydrogen-bond acceptors (Lipinski definition) is 3. The number of likely N-dealkylation sites (tertiary alicyclic amines) is 1. The van der Waals surface area contributed by atoms with Crippen LogP contribution in [0.15, 0.2) is 53.5 Å². The van der Waals surface area contributed by atoms with E-state index < -0.39 is 11.7 Å². The number of alkyl halides is 3. The molecule has 1 fully saturated rings. The van der Waals surface area contributed by atoms with Crippen molar-refractivity contribution in [3.8, 4) is 0 Å². The molecule has 0 atom stereocenters. The van der Waals surface area contributed by atoms with Crippen molar-refractivity contribution >= 4 is 22.6 Å². The van der Waals surface area contributed by atoms with Crippen molar-refractivity contribution in [3.05, 3.63) is 75.2 Å². The van der Waals surface area contributed by atoms with Gasteiger partial charge in [0.1, 0.15) is 0 Å². The van der Waals surface area contributed by atoms with Gasteiger partial charge in [-0.05, 0) is 80.6 Å². The summed E-state index contributed by atoms with van der Waals surface area (Å²) in [6.45, 7) is 3.25. The van der Waals surface area contributed by atoms with Gasteiger partial charge in [-0.2, -0.15) is 13.2 Å². The van der Waals surface area contributed by atoms with Crippen molar-refractivity contribution in [1.82, 2.24) is 14.5 Å². The van der Waals surface area contributed by atoms with Gasteiger partial charge in [0.05, 0.1) is 21.6 Å². The van der Waals surface area contributed by atoms with E-state index in [1.807, 2.05) is 12.1 Å². The van der Waals surface area contributed by atoms with E-state index >= 15 is 0 Å². The number of nitrogens with zero attached hydrogens (tertiary/aromatic N) is 3. The molecule has 170 valence electrons. The molecule has 1 aliphatic rings. The third kappa shape index (κ3) is 5.33. The monoisotopic (exact) mass is 463 g/mol. The Labute approximate surface area is 189 Å². The summed E-state index contributed by atoms with van der Waals surface area (Å²) in [4.78, 5) is 19.0. The Morgan fingerprint density at radius 1 is 1.06 bits per heavy atom. The van der Waals surface area contributed by atoms with Crippen LogP contribution in [0.4, 0.5) is 13.2 Å². The summed E-state index contributed by atoms with van der Waals surface area (Å²) in [6.07, 6.45) is 0.776. The largest absolute Gasteiger partial charge is 0.417 e. The maximum absolute atomic E-state index is 13.1. The summed E-state index contributed by atoms with van der Waals surface area (Å²) in [5, 5.41) is -0.254. The van der Waals surface area contributed by atoms with Crippen LogP contribution in [0.5, 0.6) is 0 Å². The summed E-state index contributed by atoms with van der Waals surface area (Å²) in [7, 11) is 0. The molecular formula is C24H25ClF3N3O. The minimum atomic E-state index is -4.43. The number of aromatic nitrogens is 2. The van der Waals surface area contributed by atoms with E-state index in [1.54, 1.807) is 29.0 Å². The van der Waals surface area contributed by atoms with Crippen LogP contribution >= 0.6 is 11.6 Å². The number of aryl methyl sites for hydroxylation is 1. The summed E-state index contributed by atoms with van der Waals surface area (Å²) < 4.78 is 40.9. The average molecular weight is 464 g/mol. The highest BCUT2D eigenvalue weighted by Gasteiger charge is 2.33. The highest BCUT2D eigenvalue weighted by Crippen LogP contribution is 2.35. The molecule has 1 aliphatic heterocycles. The first-order valence-corrected chi connectivity index (χ1v) is 11.2. The highest BCUT2D eigenvalue weighted by molar-refractivity contribution is 6.31. The van der Waals surface area contributed by atoms with Crippen LogP contribution in [-0.4, -0.2) is 34.1 Å². The second-order valence-corrected chi connectivity index (χ2v) is 8.77. The average Bonchev–Trinajstić information content (AvgIpc) is 2.78. The summed E-state index contributed by atoms with van der Waals surface area (Å²) in [5.74, 6) is 0.487. The molecule has 0 bridgehead atoms. The number of rotatable bonds is 6. The van der Waals surface area contributed by atoms with Crippen LogP contribution < -0.4 is 5.56 Å². The van der Waals surface area contributed by atoms with E-state index in [0.717, 1.165) is 49.9 Å². The van der Waals surface area contributed by atoms with Gasteiger partial charge in [-0.1, -0.05) is 17.7 Å². The molecule has 0 amide bonds. The smallest absolute Gasteiger partial charge is 0.305 e. The maximum atomic E-state index is 13.1. The molecule has 1 aromatic carbocycles. The molecule has 3 heterocycles. The fraction of sp³-hybridized carbons (Fsp3) is 0.417. The van der Waals surface area contributed by atoms with Gasteiger partial charge >= 0.3 is 6.18 Å². The molecule has 0 saturated carbocycles. The lowest BCUT2D eigenvalue weighted by atomic mass is 9.90. The van der Waals surface area contributed by atoms with Crippen LogP contribution in [0.2, 0.25) is 5.02 Å². The van der Waals surface area contributed by atoms with E-state index in [-0.39, 0.29) is 10.6 Å². The quantitative estimate of drug-likeness (QED) is 0.490. The lowest BCUT2D eigenvalue weighted by Gasteiger charge is -2.32. The molecule has 4 rings (SSSR count). The SMILES string of the molecule is O=c1ccc2ncccc2n1CCN1CCC(CCc2ccc(Cl)c(C(F)(F)F)c2)CC1. The van der Waals surface area contributed by atoms with Gasteiger partial charge < -0.3 is 9.47 Å². The Morgan fingerprint density at radius 2 is 1.84 bits per heavy atom. The summed E-state index contributed by atoms with van der Waals surface area (Å²) in [5.41, 5.74) is 1.54. The van der Waals surface area contributed by atoms with Crippen molar-refractivity contribution in [2.75, 3.05) is 19.6 Å². The number of piperidine rings is 1. The maximum Gasteiger partial charge on any atom is 0.417 e. The third-order valence-electron chi connectivity index (χ3n) is 6.28. The molecule has 8 heteroatoms. The Balaban J connectivity index is 1.28. The van der Waals surface area contributed by atoms with E-state index in [4.69, 9.17) is 11.6 Å². The molecule has 32 heavy (non-hydrogen) atoms. The second kappa shape index (κ2) is 9.63. The minimum absolute atomic E-state index is 0.0263. The molecule has 0 radical (unpaired) electrons. The van der Waals surface area contributed by atoms with E-state index in [2.05, 4.69) is 9.88 Å². The van der Waals surface area contributed by atoms with Gasteiger partial charge in [0, 0.05) is 25.4 Å². The van der Waals surface area contributed by atoms with Crippen molar-refractivity contribution in [3.63, 3.8) is 0 Å². The second-order valence-electron chi connectivity index (χ2n) is 8.37. The first-order chi connectivity index (χ1) is 15.3. The summed E-state index contributed by atoms with van der Waals surface area (Å²) >= 11 is 5.71. The first kappa shape index (κ1) is 22.8. The molecular weight excluding hydrogens is 439 g/mol. The van der Waals surface area contributed by atoms with E-state index in [9.17, 15) is 18.0 Å². The zero-order chi connectivity index (χ0) is 22.7. The molecule has 1 saturated heterocycles. The number of halogens is 4. The van der Waals surface area contributed by atoms with Crippen LogP contribution in [0.1, 0.15) is 30.4 Å². The van der Waals surface area contributed by atoms with Crippen LogP contribution in [0, 0.1) is 5.92 Å². The molecule has 0 aliphatic carbocycles. The lowest BCUT2D eigenvalue weighted by Crippen LogP contribution is -2.37. The van der Waals surface area contributed by atoms with Crippen LogP contribution in [0.25, 0.3) is 11.0 Å². The zero-order valence-electron chi connectivity index (χ0n) is 17.6. The van der Waals surface area contributed by atoms with Gasteiger partial charge in [0.25, 0.3) is 5.56 Å². The fourth-order valence-corrected chi connectivity index (χ4v) is 4.64. The van der Waals surface area contributed by atoms with Crippen LogP contribution in [0.3, 0.4) is 0 Å². The van der Waals surface area contributed by atoms with Crippen LogP contribution in [-0.2, 0) is 19.1 Å². The number of pyridine rings is 2. The fourth-order valence-electron chi connectivity index (χ4n) is 4.41. The number of benzene rings is 1. The van der Waals surface area contributed by atoms with Crippen molar-refractivity contribution < 1.29 is 13.2 Å². The van der Waals surface area contributed by atoms with Gasteiger partial charge in [-0.3, -0.25) is 9.78 Å². The Bertz CT molecular complexity index is 1140. The Hall–Kier alpha value is -2.38. The first-order valence-electron chi connectivity index (χ1n) is 10.8. The van der Waals surface area contributed by atoms with Gasteiger partial charge in [-0.25, -0.2) is 0 Å². The number of hydrogen-bond donors (Lipinski definition) is 0. The van der Waals surface area contributed by atoms with Gasteiger partial charge in [0.15, 0.2) is 0 Å². The lowest BCUT2D eigenvalue weighted by molar-refractivity contribution is -0.137. The zero-order valence-corrected chi connectivity index (χ0v) is 18.4. The third-order valence-corrected chi connectivity index (χ3v) is 6.61. The van der Waals surface area contributed by atoms with Crippen molar-refractivity contribution in [1.29, 1.82) is 0 Å². The summed E-state index contributed by atoms with van der Waals surface area (Å²) in [6, 6.07) is 11.3. The number of fused-ring (bicyclic) bond motifs is 1. The topological polar surface area (TPSA) is 38.1 Å². The Kier molecular flexibility index (Phi) is 6.86. The van der Waals surface area contributed by atoms with Gasteiger partial charge in [-0.15, -0.1) is 0 Å². The van der Waals surface area contributed by atoms with Crippen molar-refractivity contribution in [2.45, 2.75) is 38.4 Å². The molecule has 0 N–H and O–H groups in total. The molecule has 3 aromatic rings. The molecule has 0 unspecified atom stereocenters. The molecule has 0 spiro atoms. The van der Waals surface area contributed by atoms with Gasteiger partial charge in [0.2, 0.25) is 0 Å². The van der Waals surface area contributed by atoms with Crippen molar-refractivity contribution in [2.24, 2.45) is 5.92 Å². The van der Waals surface area contributed by atoms with E-state index in [1.165, 1.54) is 12.1 Å². The normalized spacial score (nSPS) is 16.0. The standard InChI is InChI=1S/C24H25ClF3N3O/c25-20-6-5-18(16-19(20)24(26,27)28)4-3-17-9-12-30(13-10-17)14-15-31-22-2-1-11-29-21(22)7-8-23(31)32/h1-2,5-8,11,16-17H,3-4,9-10,12-15H2. The Morgan fingerprint density at radius 3 is 2.59 bits per heavy atom. The highest BCUT2D eigenvalue weighted by atomic mass is 35.5. The van der Waals surface area contributed by atoms with E-state index in [0.29, 0.717) is 24.4 Å². The minimum Gasteiger partial charge on any atom is -0.305 e. The predicted molar refractivity (Wildman–Crippen MR) is 120 cm³/mol. The molecule has 4 nitrogen and oxygen atoms in total.